The summed E-state index contributed by atoms with van der Waals surface area (Å²) in [7, 11) is 0. The number of nitrogens with zero attached hydrogens (tertiary/aromatic N) is 1. The molecule has 3 aliphatic heterocycles. The van der Waals surface area contributed by atoms with Crippen LogP contribution >= 0.6 is 0 Å². The van der Waals surface area contributed by atoms with Gasteiger partial charge in [0, 0.05) is 18.9 Å². The monoisotopic (exact) mass is 255 g/mol. The first-order valence-corrected chi connectivity index (χ1v) is 7.18. The summed E-state index contributed by atoms with van der Waals surface area (Å²) in [5.41, 5.74) is 0.130. The van der Waals surface area contributed by atoms with E-state index >= 15 is 0 Å². The highest BCUT2D eigenvalue weighted by Gasteiger charge is 2.45. The molecule has 1 aromatic carbocycles. The second-order valence-corrected chi connectivity index (χ2v) is 5.98. The Morgan fingerprint density at radius 2 is 1.95 bits per heavy atom. The van der Waals surface area contributed by atoms with Crippen LogP contribution in [0.3, 0.4) is 0 Å². The van der Waals surface area contributed by atoms with Crippen LogP contribution in [0.1, 0.15) is 18.4 Å². The van der Waals surface area contributed by atoms with Crippen LogP contribution in [-0.4, -0.2) is 35.2 Å². The summed E-state index contributed by atoms with van der Waals surface area (Å²) in [6.07, 6.45) is 8.64. The second-order valence-electron chi connectivity index (χ2n) is 5.98. The topological polar surface area (TPSA) is 23.5 Å². The van der Waals surface area contributed by atoms with Crippen LogP contribution in [0.15, 0.2) is 30.3 Å². The van der Waals surface area contributed by atoms with Crippen LogP contribution in [0.2, 0.25) is 0 Å². The van der Waals surface area contributed by atoms with Crippen molar-refractivity contribution in [3.8, 4) is 12.3 Å². The van der Waals surface area contributed by atoms with Gasteiger partial charge >= 0.3 is 0 Å². The minimum Gasteiger partial charge on any atom is -0.377 e. The van der Waals surface area contributed by atoms with Gasteiger partial charge in [-0.05, 0) is 37.4 Å². The fourth-order valence-corrected chi connectivity index (χ4v) is 3.70. The van der Waals surface area contributed by atoms with Crippen LogP contribution in [0.4, 0.5) is 0 Å². The molecule has 2 heteroatoms. The van der Waals surface area contributed by atoms with E-state index in [-0.39, 0.29) is 5.92 Å². The summed E-state index contributed by atoms with van der Waals surface area (Å²) in [4.78, 5) is 2.44. The van der Waals surface area contributed by atoms with Crippen LogP contribution in [0.25, 0.3) is 0 Å². The third-order valence-electron chi connectivity index (χ3n) is 4.84. The minimum atomic E-state index is -0.995. The second kappa shape index (κ2) is 5.00. The van der Waals surface area contributed by atoms with Crippen LogP contribution < -0.4 is 0 Å². The maximum absolute atomic E-state index is 11.0. The zero-order chi connectivity index (χ0) is 13.3. The van der Waals surface area contributed by atoms with E-state index in [1.165, 1.54) is 25.9 Å². The number of hydrogen-bond acceptors (Lipinski definition) is 2. The van der Waals surface area contributed by atoms with Crippen molar-refractivity contribution in [2.75, 3.05) is 19.6 Å². The number of hydrogen-bond donors (Lipinski definition) is 1. The van der Waals surface area contributed by atoms with Crippen molar-refractivity contribution in [3.05, 3.63) is 35.9 Å². The van der Waals surface area contributed by atoms with Gasteiger partial charge in [-0.1, -0.05) is 36.3 Å². The van der Waals surface area contributed by atoms with E-state index in [0.29, 0.717) is 12.3 Å². The summed E-state index contributed by atoms with van der Waals surface area (Å²) in [6, 6.07) is 10.1. The zero-order valence-electron chi connectivity index (χ0n) is 11.3. The predicted octanol–water partition coefficient (Wildman–Crippen LogP) is 1.94. The lowest BCUT2D eigenvalue weighted by Gasteiger charge is -2.49. The summed E-state index contributed by atoms with van der Waals surface area (Å²) in [6.45, 7) is 3.30. The van der Waals surface area contributed by atoms with Gasteiger partial charge in [-0.3, -0.25) is 0 Å². The Balaban J connectivity index is 1.81. The van der Waals surface area contributed by atoms with Crippen molar-refractivity contribution in [2.45, 2.75) is 24.9 Å². The van der Waals surface area contributed by atoms with Gasteiger partial charge in [0.2, 0.25) is 0 Å². The lowest BCUT2D eigenvalue weighted by molar-refractivity contribution is -0.0617. The molecule has 0 spiro atoms. The molecule has 2 nitrogen and oxygen atoms in total. The molecule has 1 N–H and O–H groups in total. The standard InChI is InChI=1S/C17H21NO/c1-2-17(19,12-14-6-4-3-5-7-14)16-13-18-10-8-15(16)9-11-18/h1,3-7,15-16,19H,8-13H2. The van der Waals surface area contributed by atoms with Crippen molar-refractivity contribution < 1.29 is 5.11 Å². The molecule has 2 unspecified atom stereocenters. The summed E-state index contributed by atoms with van der Waals surface area (Å²) in [5, 5.41) is 11.0. The molecule has 100 valence electrons. The molecule has 1 aromatic rings. The highest BCUT2D eigenvalue weighted by molar-refractivity contribution is 5.24. The largest absolute Gasteiger partial charge is 0.377 e. The van der Waals surface area contributed by atoms with Crippen LogP contribution in [-0.2, 0) is 6.42 Å². The van der Waals surface area contributed by atoms with Crippen molar-refractivity contribution >= 4 is 0 Å². The number of benzene rings is 1. The quantitative estimate of drug-likeness (QED) is 0.834. The first kappa shape index (κ1) is 12.7. The zero-order valence-corrected chi connectivity index (χ0v) is 11.3. The Kier molecular flexibility index (Phi) is 3.35. The van der Waals surface area contributed by atoms with Gasteiger partial charge in [-0.2, -0.15) is 0 Å². The Bertz CT molecular complexity index is 470. The Hall–Kier alpha value is -1.30. The lowest BCUT2D eigenvalue weighted by Crippen LogP contribution is -2.56. The Morgan fingerprint density at radius 1 is 1.26 bits per heavy atom. The van der Waals surface area contributed by atoms with E-state index in [4.69, 9.17) is 6.42 Å². The van der Waals surface area contributed by atoms with Gasteiger partial charge in [-0.15, -0.1) is 6.42 Å². The molecule has 2 atom stereocenters. The summed E-state index contributed by atoms with van der Waals surface area (Å²) in [5.74, 6) is 3.53. The average molecular weight is 255 g/mol. The van der Waals surface area contributed by atoms with E-state index in [0.717, 1.165) is 12.1 Å². The van der Waals surface area contributed by atoms with Gasteiger partial charge in [0.25, 0.3) is 0 Å². The summed E-state index contributed by atoms with van der Waals surface area (Å²) < 4.78 is 0. The molecule has 4 rings (SSSR count). The Morgan fingerprint density at radius 3 is 2.47 bits per heavy atom. The van der Waals surface area contributed by atoms with Gasteiger partial charge in [-0.25, -0.2) is 0 Å². The van der Waals surface area contributed by atoms with E-state index in [1.807, 2.05) is 30.3 Å². The predicted molar refractivity (Wildman–Crippen MR) is 76.6 cm³/mol. The molecule has 3 heterocycles. The van der Waals surface area contributed by atoms with E-state index in [2.05, 4.69) is 10.8 Å². The molecule has 3 saturated heterocycles. The first-order valence-electron chi connectivity index (χ1n) is 7.18. The molecule has 0 radical (unpaired) electrons. The van der Waals surface area contributed by atoms with Crippen molar-refractivity contribution in [1.82, 2.24) is 4.90 Å². The molecule has 2 bridgehead atoms. The molecule has 19 heavy (non-hydrogen) atoms. The Labute approximate surface area is 115 Å². The third kappa shape index (κ3) is 2.41. The highest BCUT2D eigenvalue weighted by atomic mass is 16.3. The smallest absolute Gasteiger partial charge is 0.133 e. The fourth-order valence-electron chi connectivity index (χ4n) is 3.70. The summed E-state index contributed by atoms with van der Waals surface area (Å²) >= 11 is 0. The van der Waals surface area contributed by atoms with Crippen molar-refractivity contribution in [1.29, 1.82) is 0 Å². The fraction of sp³-hybridized carbons (Fsp3) is 0.529. The minimum absolute atomic E-state index is 0.222. The van der Waals surface area contributed by atoms with Gasteiger partial charge in [0.15, 0.2) is 0 Å². The van der Waals surface area contributed by atoms with Crippen LogP contribution in [0.5, 0.6) is 0 Å². The maximum atomic E-state index is 11.0. The molecule has 0 aliphatic carbocycles. The van der Waals surface area contributed by atoms with Gasteiger partial charge in [0.05, 0.1) is 0 Å². The number of fused-ring (bicyclic) bond motifs is 3. The van der Waals surface area contributed by atoms with E-state index < -0.39 is 5.60 Å². The molecule has 3 fully saturated rings. The van der Waals surface area contributed by atoms with Crippen LogP contribution in [0, 0.1) is 24.2 Å². The number of rotatable bonds is 3. The number of terminal acetylenes is 1. The maximum Gasteiger partial charge on any atom is 0.133 e. The lowest BCUT2D eigenvalue weighted by atomic mass is 9.68. The first-order chi connectivity index (χ1) is 9.21. The number of aliphatic hydroxyl groups is 1. The number of piperidine rings is 3. The molecule has 0 aromatic heterocycles. The van der Waals surface area contributed by atoms with E-state index in [9.17, 15) is 5.11 Å². The third-order valence-corrected chi connectivity index (χ3v) is 4.84. The molecule has 3 aliphatic rings. The normalized spacial score (nSPS) is 32.5. The highest BCUT2D eigenvalue weighted by Crippen LogP contribution is 2.39. The SMILES string of the molecule is C#CC(O)(Cc1ccccc1)C1CN2CCC1CC2. The molecule has 0 saturated carbocycles. The average Bonchev–Trinajstić information content (AvgIpc) is 2.49. The molecular weight excluding hydrogens is 234 g/mol. The van der Waals surface area contributed by atoms with Crippen molar-refractivity contribution in [3.63, 3.8) is 0 Å². The van der Waals surface area contributed by atoms with Gasteiger partial charge < -0.3 is 10.0 Å². The van der Waals surface area contributed by atoms with E-state index in [1.54, 1.807) is 0 Å². The molecule has 0 amide bonds. The molecular formula is C17H21NO. The van der Waals surface area contributed by atoms with Gasteiger partial charge in [0.1, 0.15) is 5.60 Å². The van der Waals surface area contributed by atoms with Crippen molar-refractivity contribution in [2.24, 2.45) is 11.8 Å².